The summed E-state index contributed by atoms with van der Waals surface area (Å²) in [5.74, 6) is -0.380. The van der Waals surface area contributed by atoms with Crippen LogP contribution in [0.2, 0.25) is 5.02 Å². The van der Waals surface area contributed by atoms with E-state index in [1.165, 1.54) is 22.5 Å². The van der Waals surface area contributed by atoms with E-state index in [-0.39, 0.29) is 27.4 Å². The molecule has 2 aromatic rings. The van der Waals surface area contributed by atoms with Crippen LogP contribution in [0.25, 0.3) is 0 Å². The number of carbonyl (C=O) groups is 1. The van der Waals surface area contributed by atoms with E-state index in [1.54, 1.807) is 0 Å². The highest BCUT2D eigenvalue weighted by Crippen LogP contribution is 2.26. The van der Waals surface area contributed by atoms with Crippen LogP contribution in [0.3, 0.4) is 0 Å². The van der Waals surface area contributed by atoms with Gasteiger partial charge in [-0.1, -0.05) is 48.9 Å². The van der Waals surface area contributed by atoms with Gasteiger partial charge in [-0.05, 0) is 43.0 Å². The van der Waals surface area contributed by atoms with Crippen LogP contribution in [0.4, 0.5) is 0 Å². The standard InChI is InChI=1S/C20H23ClN2O3S/c1-2-19(15-8-4-3-5-9-15)22-20(24)17-14-16(10-11-18(17)21)27(25,26)23-12-6-7-13-23/h3-5,8-11,14,19H,2,6-7,12-13H2,1H3,(H,22,24). The Balaban J connectivity index is 1.86. The van der Waals surface area contributed by atoms with Crippen LogP contribution in [-0.2, 0) is 10.0 Å². The van der Waals surface area contributed by atoms with Gasteiger partial charge in [0.2, 0.25) is 10.0 Å². The van der Waals surface area contributed by atoms with E-state index in [4.69, 9.17) is 11.6 Å². The van der Waals surface area contributed by atoms with Gasteiger partial charge in [0.1, 0.15) is 0 Å². The van der Waals surface area contributed by atoms with Gasteiger partial charge >= 0.3 is 0 Å². The predicted molar refractivity (Wildman–Crippen MR) is 106 cm³/mol. The first-order valence-corrected chi connectivity index (χ1v) is 10.9. The molecule has 0 bridgehead atoms. The minimum atomic E-state index is -3.60. The molecule has 1 fully saturated rings. The van der Waals surface area contributed by atoms with Crippen molar-refractivity contribution in [1.29, 1.82) is 0 Å². The van der Waals surface area contributed by atoms with Crippen LogP contribution in [0.1, 0.15) is 48.1 Å². The Labute approximate surface area is 165 Å². The second kappa shape index (κ2) is 8.42. The largest absolute Gasteiger partial charge is 0.345 e. The van der Waals surface area contributed by atoms with Crippen LogP contribution >= 0.6 is 11.6 Å². The third kappa shape index (κ3) is 4.34. The molecule has 0 saturated carbocycles. The molecule has 144 valence electrons. The Morgan fingerprint density at radius 2 is 1.81 bits per heavy atom. The summed E-state index contributed by atoms with van der Waals surface area (Å²) >= 11 is 6.20. The highest BCUT2D eigenvalue weighted by molar-refractivity contribution is 7.89. The molecule has 5 nitrogen and oxygen atoms in total. The minimum absolute atomic E-state index is 0.103. The van der Waals surface area contributed by atoms with Crippen molar-refractivity contribution < 1.29 is 13.2 Å². The van der Waals surface area contributed by atoms with Crippen molar-refractivity contribution in [3.05, 3.63) is 64.7 Å². The maximum absolute atomic E-state index is 12.8. The molecule has 1 N–H and O–H groups in total. The number of carbonyl (C=O) groups excluding carboxylic acids is 1. The summed E-state index contributed by atoms with van der Waals surface area (Å²) in [6.45, 7) is 3.00. The number of halogens is 1. The fourth-order valence-electron chi connectivity index (χ4n) is 3.26. The van der Waals surface area contributed by atoms with Crippen LogP contribution < -0.4 is 5.32 Å². The normalized spacial score (nSPS) is 16.2. The first kappa shape index (κ1) is 19.9. The smallest absolute Gasteiger partial charge is 0.253 e. The summed E-state index contributed by atoms with van der Waals surface area (Å²) in [7, 11) is -3.60. The van der Waals surface area contributed by atoms with E-state index < -0.39 is 10.0 Å². The maximum Gasteiger partial charge on any atom is 0.253 e. The highest BCUT2D eigenvalue weighted by atomic mass is 35.5. The zero-order chi connectivity index (χ0) is 19.4. The molecular weight excluding hydrogens is 384 g/mol. The Morgan fingerprint density at radius 1 is 1.15 bits per heavy atom. The second-order valence-corrected chi connectivity index (χ2v) is 8.94. The van der Waals surface area contributed by atoms with E-state index in [1.807, 2.05) is 37.3 Å². The number of nitrogens with zero attached hydrogens (tertiary/aromatic N) is 1. The minimum Gasteiger partial charge on any atom is -0.345 e. The lowest BCUT2D eigenvalue weighted by Crippen LogP contribution is -2.30. The molecule has 0 aromatic heterocycles. The number of sulfonamides is 1. The summed E-state index contributed by atoms with van der Waals surface area (Å²) < 4.78 is 27.0. The quantitative estimate of drug-likeness (QED) is 0.788. The van der Waals surface area contributed by atoms with Gasteiger partial charge in [-0.15, -0.1) is 0 Å². The molecule has 1 amide bonds. The van der Waals surface area contributed by atoms with E-state index in [2.05, 4.69) is 5.32 Å². The fraction of sp³-hybridized carbons (Fsp3) is 0.350. The van der Waals surface area contributed by atoms with Crippen LogP contribution in [0.15, 0.2) is 53.4 Å². The van der Waals surface area contributed by atoms with Gasteiger partial charge < -0.3 is 5.32 Å². The molecule has 0 spiro atoms. The third-order valence-corrected chi connectivity index (χ3v) is 7.02. The van der Waals surface area contributed by atoms with Gasteiger partial charge in [0.05, 0.1) is 21.5 Å². The lowest BCUT2D eigenvalue weighted by Gasteiger charge is -2.19. The fourth-order valence-corrected chi connectivity index (χ4v) is 5.01. The number of hydrogen-bond donors (Lipinski definition) is 1. The summed E-state index contributed by atoms with van der Waals surface area (Å²) in [4.78, 5) is 12.9. The van der Waals surface area contributed by atoms with Gasteiger partial charge in [0.15, 0.2) is 0 Å². The molecule has 1 aliphatic heterocycles. The third-order valence-electron chi connectivity index (χ3n) is 4.80. The molecule has 1 heterocycles. The summed E-state index contributed by atoms with van der Waals surface area (Å²) in [6.07, 6.45) is 2.42. The number of amides is 1. The first-order chi connectivity index (χ1) is 12.9. The van der Waals surface area contributed by atoms with Crippen molar-refractivity contribution in [1.82, 2.24) is 9.62 Å². The highest BCUT2D eigenvalue weighted by Gasteiger charge is 2.28. The van der Waals surface area contributed by atoms with Crippen molar-refractivity contribution in [2.75, 3.05) is 13.1 Å². The molecule has 1 atom stereocenters. The Kier molecular flexibility index (Phi) is 6.19. The van der Waals surface area contributed by atoms with Crippen molar-refractivity contribution in [3.63, 3.8) is 0 Å². The van der Waals surface area contributed by atoms with Crippen molar-refractivity contribution in [2.45, 2.75) is 37.1 Å². The first-order valence-electron chi connectivity index (χ1n) is 9.09. The van der Waals surface area contributed by atoms with Gasteiger partial charge in [-0.25, -0.2) is 8.42 Å². The van der Waals surface area contributed by atoms with Crippen molar-refractivity contribution in [3.8, 4) is 0 Å². The van der Waals surface area contributed by atoms with Crippen LogP contribution in [-0.4, -0.2) is 31.7 Å². The van der Waals surface area contributed by atoms with Crippen molar-refractivity contribution in [2.24, 2.45) is 0 Å². The zero-order valence-electron chi connectivity index (χ0n) is 15.2. The lowest BCUT2D eigenvalue weighted by atomic mass is 10.0. The van der Waals surface area contributed by atoms with E-state index in [9.17, 15) is 13.2 Å². The Bertz CT molecular complexity index is 910. The molecule has 3 rings (SSSR count). The zero-order valence-corrected chi connectivity index (χ0v) is 16.8. The van der Waals surface area contributed by atoms with Gasteiger partial charge in [-0.3, -0.25) is 4.79 Å². The number of hydrogen-bond acceptors (Lipinski definition) is 3. The molecule has 7 heteroatoms. The monoisotopic (exact) mass is 406 g/mol. The van der Waals surface area contributed by atoms with Gasteiger partial charge in [0, 0.05) is 13.1 Å². The molecule has 0 aliphatic carbocycles. The summed E-state index contributed by atoms with van der Waals surface area (Å²) in [5, 5.41) is 3.19. The summed E-state index contributed by atoms with van der Waals surface area (Å²) in [6, 6.07) is 13.8. The summed E-state index contributed by atoms with van der Waals surface area (Å²) in [5.41, 5.74) is 1.16. The van der Waals surface area contributed by atoms with Gasteiger partial charge in [-0.2, -0.15) is 4.31 Å². The molecule has 2 aromatic carbocycles. The van der Waals surface area contributed by atoms with Crippen molar-refractivity contribution >= 4 is 27.5 Å². The lowest BCUT2D eigenvalue weighted by molar-refractivity contribution is 0.0935. The number of nitrogens with one attached hydrogen (secondary N) is 1. The van der Waals surface area contributed by atoms with Crippen LogP contribution in [0, 0.1) is 0 Å². The molecule has 0 radical (unpaired) electrons. The number of benzene rings is 2. The average Bonchev–Trinajstić information content (AvgIpc) is 3.22. The Hall–Kier alpha value is -1.89. The topological polar surface area (TPSA) is 66.5 Å². The SMILES string of the molecule is CCC(NC(=O)c1cc(S(=O)(=O)N2CCCC2)ccc1Cl)c1ccccc1. The van der Waals surface area contributed by atoms with E-state index >= 15 is 0 Å². The molecular formula is C20H23ClN2O3S. The average molecular weight is 407 g/mol. The Morgan fingerprint density at radius 3 is 2.44 bits per heavy atom. The van der Waals surface area contributed by atoms with Gasteiger partial charge in [0.25, 0.3) is 5.91 Å². The molecule has 1 aliphatic rings. The second-order valence-electron chi connectivity index (χ2n) is 6.60. The van der Waals surface area contributed by atoms with E-state index in [0.717, 1.165) is 18.4 Å². The predicted octanol–water partition coefficient (Wildman–Crippen LogP) is 4.01. The maximum atomic E-state index is 12.8. The van der Waals surface area contributed by atoms with Crippen LogP contribution in [0.5, 0.6) is 0 Å². The molecule has 1 saturated heterocycles. The molecule has 1 unspecified atom stereocenters. The number of rotatable bonds is 6. The van der Waals surface area contributed by atoms with E-state index in [0.29, 0.717) is 19.5 Å². The molecule has 27 heavy (non-hydrogen) atoms.